The van der Waals surface area contributed by atoms with Gasteiger partial charge in [0.25, 0.3) is 5.91 Å². The lowest BCUT2D eigenvalue weighted by atomic mass is 9.95. The maximum absolute atomic E-state index is 13.1. The van der Waals surface area contributed by atoms with Crippen molar-refractivity contribution in [3.8, 4) is 11.5 Å². The van der Waals surface area contributed by atoms with Crippen LogP contribution in [0.1, 0.15) is 27.9 Å². The Labute approximate surface area is 172 Å². The number of benzene rings is 2. The third-order valence-corrected chi connectivity index (χ3v) is 5.70. The van der Waals surface area contributed by atoms with E-state index in [1.54, 1.807) is 4.90 Å². The molecular weight excluding hydrogens is 409 g/mol. The average molecular weight is 425 g/mol. The van der Waals surface area contributed by atoms with Crippen molar-refractivity contribution in [2.75, 3.05) is 19.8 Å². The van der Waals surface area contributed by atoms with Crippen LogP contribution in [0.5, 0.6) is 11.5 Å². The molecule has 0 saturated carbocycles. The van der Waals surface area contributed by atoms with E-state index < -0.39 is 0 Å². The quantitative estimate of drug-likeness (QED) is 0.569. The summed E-state index contributed by atoms with van der Waals surface area (Å²) in [5.41, 5.74) is 2.78. The fraction of sp³-hybridized carbons (Fsp3) is 0.250. The fourth-order valence-corrected chi connectivity index (χ4v) is 4.00. The van der Waals surface area contributed by atoms with Crippen molar-refractivity contribution in [1.82, 2.24) is 4.90 Å². The average Bonchev–Trinajstić information content (AvgIpc) is 2.88. The lowest BCUT2D eigenvalue weighted by Crippen LogP contribution is -2.34. The number of halogens is 3. The Morgan fingerprint density at radius 3 is 2.48 bits per heavy atom. The summed E-state index contributed by atoms with van der Waals surface area (Å²) in [6, 6.07) is 6.90. The minimum Gasteiger partial charge on any atom is -0.490 e. The molecule has 0 spiro atoms. The van der Waals surface area contributed by atoms with E-state index in [0.717, 1.165) is 23.3 Å². The summed E-state index contributed by atoms with van der Waals surface area (Å²) in [7, 11) is 0. The number of ether oxygens (including phenoxy) is 2. The van der Waals surface area contributed by atoms with Gasteiger partial charge in [-0.15, -0.1) is 0 Å². The van der Waals surface area contributed by atoms with E-state index >= 15 is 0 Å². The molecule has 0 aromatic heterocycles. The summed E-state index contributed by atoms with van der Waals surface area (Å²) in [5.74, 6) is 1.13. The first-order valence-corrected chi connectivity index (χ1v) is 9.67. The largest absolute Gasteiger partial charge is 0.490 e. The molecule has 4 nitrogen and oxygen atoms in total. The van der Waals surface area contributed by atoms with E-state index in [1.807, 2.05) is 12.1 Å². The third kappa shape index (κ3) is 3.38. The summed E-state index contributed by atoms with van der Waals surface area (Å²) < 4.78 is 11.5. The number of nitrogens with zero attached hydrogens (tertiary/aromatic N) is 1. The van der Waals surface area contributed by atoms with Gasteiger partial charge in [0.15, 0.2) is 11.5 Å². The molecule has 2 aromatic carbocycles. The van der Waals surface area contributed by atoms with E-state index in [1.165, 1.54) is 12.1 Å². The molecule has 2 heterocycles. The van der Waals surface area contributed by atoms with E-state index in [0.29, 0.717) is 42.6 Å². The van der Waals surface area contributed by atoms with Crippen LogP contribution < -0.4 is 9.47 Å². The summed E-state index contributed by atoms with van der Waals surface area (Å²) in [6.07, 6.45) is 1.50. The number of fused-ring (bicyclic) bond motifs is 2. The first kappa shape index (κ1) is 18.5. The van der Waals surface area contributed by atoms with Crippen molar-refractivity contribution in [1.29, 1.82) is 0 Å². The van der Waals surface area contributed by atoms with E-state index in [-0.39, 0.29) is 21.5 Å². The lowest BCUT2D eigenvalue weighted by Gasteiger charge is -2.32. The predicted molar refractivity (Wildman–Crippen MR) is 107 cm³/mol. The molecule has 0 atom stereocenters. The third-order valence-electron chi connectivity index (χ3n) is 4.68. The molecule has 0 aliphatic carbocycles. The molecule has 0 unspecified atom stereocenters. The number of carbonyl (C=O) groups excluding carboxylic acids is 1. The van der Waals surface area contributed by atoms with E-state index in [9.17, 15) is 4.79 Å². The normalized spacial score (nSPS) is 16.0. The van der Waals surface area contributed by atoms with Crippen molar-refractivity contribution in [2.24, 2.45) is 0 Å². The molecule has 2 aromatic rings. The second kappa shape index (κ2) is 7.27. The molecule has 27 heavy (non-hydrogen) atoms. The highest BCUT2D eigenvalue weighted by atomic mass is 35.5. The van der Waals surface area contributed by atoms with Crippen LogP contribution in [-0.4, -0.2) is 30.6 Å². The highest BCUT2D eigenvalue weighted by Crippen LogP contribution is 2.39. The minimum absolute atomic E-state index is 0.184. The van der Waals surface area contributed by atoms with Gasteiger partial charge in [0.2, 0.25) is 0 Å². The van der Waals surface area contributed by atoms with Gasteiger partial charge in [0.1, 0.15) is 0 Å². The molecule has 0 bridgehead atoms. The van der Waals surface area contributed by atoms with Gasteiger partial charge in [-0.3, -0.25) is 4.79 Å². The van der Waals surface area contributed by atoms with Crippen LogP contribution in [0.25, 0.3) is 5.70 Å². The summed E-state index contributed by atoms with van der Waals surface area (Å²) >= 11 is 18.4. The zero-order valence-electron chi connectivity index (χ0n) is 14.4. The van der Waals surface area contributed by atoms with Crippen molar-refractivity contribution in [2.45, 2.75) is 12.8 Å². The molecule has 140 valence electrons. The Kier molecular flexibility index (Phi) is 4.97. The standard InChI is InChI=1S/C20H16Cl3NO3/c1-11-14-10-18-17(26-5-2-6-27-18)7-12(14)3-4-24(11)20(25)15-8-13(21)9-16(22)19(15)23/h7-10H,1-6H2. The van der Waals surface area contributed by atoms with Gasteiger partial charge < -0.3 is 14.4 Å². The molecule has 4 rings (SSSR count). The minimum atomic E-state index is -0.285. The van der Waals surface area contributed by atoms with Crippen LogP contribution in [0.15, 0.2) is 30.8 Å². The molecule has 7 heteroatoms. The van der Waals surface area contributed by atoms with Gasteiger partial charge in [0.05, 0.1) is 28.8 Å². The van der Waals surface area contributed by atoms with Crippen LogP contribution in [0.4, 0.5) is 0 Å². The highest BCUT2D eigenvalue weighted by molar-refractivity contribution is 6.45. The SMILES string of the molecule is C=C1c2cc3c(cc2CCN1C(=O)c1cc(Cl)cc(Cl)c1Cl)OCCCO3. The van der Waals surface area contributed by atoms with Crippen molar-refractivity contribution in [3.05, 3.63) is 62.6 Å². The smallest absolute Gasteiger partial charge is 0.259 e. The van der Waals surface area contributed by atoms with Gasteiger partial charge in [-0.05, 0) is 36.2 Å². The maximum atomic E-state index is 13.1. The molecule has 1 amide bonds. The molecule has 0 radical (unpaired) electrons. The molecule has 0 fully saturated rings. The molecule has 2 aliphatic rings. The van der Waals surface area contributed by atoms with E-state index in [4.69, 9.17) is 44.3 Å². The second-order valence-electron chi connectivity index (χ2n) is 6.41. The number of amides is 1. The van der Waals surface area contributed by atoms with Gasteiger partial charge in [-0.2, -0.15) is 0 Å². The Hall–Kier alpha value is -1.88. The number of carbonyl (C=O) groups is 1. The summed E-state index contributed by atoms with van der Waals surface area (Å²) in [5, 5.41) is 0.779. The monoisotopic (exact) mass is 423 g/mol. The second-order valence-corrected chi connectivity index (χ2v) is 7.63. The summed E-state index contributed by atoms with van der Waals surface area (Å²) in [6.45, 7) is 5.83. The maximum Gasteiger partial charge on any atom is 0.259 e. The van der Waals surface area contributed by atoms with Crippen LogP contribution in [0, 0.1) is 0 Å². The van der Waals surface area contributed by atoms with Crippen LogP contribution in [-0.2, 0) is 6.42 Å². The Bertz CT molecular complexity index is 958. The van der Waals surface area contributed by atoms with Crippen LogP contribution >= 0.6 is 34.8 Å². The molecule has 2 aliphatic heterocycles. The van der Waals surface area contributed by atoms with Gasteiger partial charge in [-0.25, -0.2) is 0 Å². The van der Waals surface area contributed by atoms with Crippen LogP contribution in [0.3, 0.4) is 0 Å². The fourth-order valence-electron chi connectivity index (χ4n) is 3.32. The van der Waals surface area contributed by atoms with E-state index in [2.05, 4.69) is 6.58 Å². The molecular formula is C20H16Cl3NO3. The summed E-state index contributed by atoms with van der Waals surface area (Å²) in [4.78, 5) is 14.7. The van der Waals surface area contributed by atoms with Gasteiger partial charge in [-0.1, -0.05) is 41.4 Å². The Morgan fingerprint density at radius 2 is 1.74 bits per heavy atom. The predicted octanol–water partition coefficient (Wildman–Crippen LogP) is 5.48. The van der Waals surface area contributed by atoms with Gasteiger partial charge in [0, 0.05) is 29.2 Å². The number of hydrogen-bond acceptors (Lipinski definition) is 3. The van der Waals surface area contributed by atoms with Crippen molar-refractivity contribution in [3.63, 3.8) is 0 Å². The Morgan fingerprint density at radius 1 is 1.04 bits per heavy atom. The van der Waals surface area contributed by atoms with Crippen LogP contribution in [0.2, 0.25) is 15.1 Å². The Balaban J connectivity index is 1.70. The number of rotatable bonds is 1. The molecule has 0 N–H and O–H groups in total. The zero-order chi connectivity index (χ0) is 19.1. The highest BCUT2D eigenvalue weighted by Gasteiger charge is 2.29. The number of hydrogen-bond donors (Lipinski definition) is 0. The van der Waals surface area contributed by atoms with Crippen molar-refractivity contribution < 1.29 is 14.3 Å². The first-order chi connectivity index (χ1) is 13.0. The first-order valence-electron chi connectivity index (χ1n) is 8.54. The topological polar surface area (TPSA) is 38.8 Å². The zero-order valence-corrected chi connectivity index (χ0v) is 16.6. The van der Waals surface area contributed by atoms with Crippen molar-refractivity contribution >= 4 is 46.4 Å². The lowest BCUT2D eigenvalue weighted by molar-refractivity contribution is 0.0833. The van der Waals surface area contributed by atoms with Gasteiger partial charge >= 0.3 is 0 Å². The molecule has 0 saturated heterocycles.